The SMILES string of the molecule is CCO[C@]1(C(=O)Nc2ccc(OCC(C)C)cc2C#N)CCC[C@@H](C)C1. The van der Waals surface area contributed by atoms with Gasteiger partial charge in [0, 0.05) is 6.61 Å². The molecule has 1 aromatic carbocycles. The van der Waals surface area contributed by atoms with E-state index in [-0.39, 0.29) is 5.91 Å². The summed E-state index contributed by atoms with van der Waals surface area (Å²) in [6.45, 7) is 9.28. The highest BCUT2D eigenvalue weighted by molar-refractivity contribution is 5.98. The molecule has 0 spiro atoms. The molecule has 5 nitrogen and oxygen atoms in total. The van der Waals surface area contributed by atoms with Crippen LogP contribution in [0.5, 0.6) is 5.75 Å². The van der Waals surface area contributed by atoms with Gasteiger partial charge in [0.1, 0.15) is 17.4 Å². The quantitative estimate of drug-likeness (QED) is 0.778. The number of hydrogen-bond acceptors (Lipinski definition) is 4. The second kappa shape index (κ2) is 9.05. The molecule has 1 aromatic rings. The van der Waals surface area contributed by atoms with Crippen molar-refractivity contribution in [3.05, 3.63) is 23.8 Å². The Morgan fingerprint density at radius 3 is 2.85 bits per heavy atom. The van der Waals surface area contributed by atoms with Crippen molar-refractivity contribution in [1.82, 2.24) is 0 Å². The van der Waals surface area contributed by atoms with Crippen molar-refractivity contribution < 1.29 is 14.3 Å². The van der Waals surface area contributed by atoms with Gasteiger partial charge in [-0.3, -0.25) is 4.79 Å². The summed E-state index contributed by atoms with van der Waals surface area (Å²) in [5.41, 5.74) is 0.105. The van der Waals surface area contributed by atoms with Crippen LogP contribution in [-0.4, -0.2) is 24.7 Å². The summed E-state index contributed by atoms with van der Waals surface area (Å²) < 4.78 is 11.6. The van der Waals surface area contributed by atoms with Crippen LogP contribution in [0, 0.1) is 23.2 Å². The Kier molecular flexibility index (Phi) is 7.05. The maximum atomic E-state index is 13.0. The molecular weight excluding hydrogens is 328 g/mol. The first-order valence-electron chi connectivity index (χ1n) is 9.52. The number of carbonyl (C=O) groups is 1. The van der Waals surface area contributed by atoms with E-state index in [0.717, 1.165) is 12.8 Å². The van der Waals surface area contributed by atoms with Crippen molar-refractivity contribution >= 4 is 11.6 Å². The Bertz CT molecular complexity index is 662. The Balaban J connectivity index is 2.17. The van der Waals surface area contributed by atoms with Crippen LogP contribution in [0.15, 0.2) is 18.2 Å². The molecule has 0 heterocycles. The van der Waals surface area contributed by atoms with Crippen LogP contribution >= 0.6 is 0 Å². The van der Waals surface area contributed by atoms with Crippen molar-refractivity contribution in [2.75, 3.05) is 18.5 Å². The number of amides is 1. The van der Waals surface area contributed by atoms with Crippen LogP contribution in [-0.2, 0) is 9.53 Å². The molecule has 2 rings (SSSR count). The first-order chi connectivity index (χ1) is 12.4. The molecule has 1 N–H and O–H groups in total. The average Bonchev–Trinajstić information content (AvgIpc) is 2.61. The van der Waals surface area contributed by atoms with E-state index >= 15 is 0 Å². The number of nitrogens with one attached hydrogen (secondary N) is 1. The Labute approximate surface area is 156 Å². The van der Waals surface area contributed by atoms with Crippen molar-refractivity contribution in [3.8, 4) is 11.8 Å². The normalized spacial score (nSPS) is 22.7. The summed E-state index contributed by atoms with van der Waals surface area (Å²) in [7, 11) is 0. The monoisotopic (exact) mass is 358 g/mol. The lowest BCUT2D eigenvalue weighted by molar-refractivity contribution is -0.147. The predicted octanol–water partition coefficient (Wildman–Crippen LogP) is 4.52. The molecule has 0 bridgehead atoms. The van der Waals surface area contributed by atoms with Crippen LogP contribution in [0.2, 0.25) is 0 Å². The van der Waals surface area contributed by atoms with Crippen LogP contribution in [0.3, 0.4) is 0 Å². The number of benzene rings is 1. The van der Waals surface area contributed by atoms with Crippen molar-refractivity contribution in [2.24, 2.45) is 11.8 Å². The number of nitrogens with zero attached hydrogens (tertiary/aromatic N) is 1. The smallest absolute Gasteiger partial charge is 0.256 e. The van der Waals surface area contributed by atoms with Gasteiger partial charge >= 0.3 is 0 Å². The molecule has 1 amide bonds. The van der Waals surface area contributed by atoms with Gasteiger partial charge in [-0.05, 0) is 56.2 Å². The number of ether oxygens (including phenoxy) is 2. The van der Waals surface area contributed by atoms with Gasteiger partial charge in [-0.1, -0.05) is 27.2 Å². The molecule has 0 unspecified atom stereocenters. The second-order valence-electron chi connectivity index (χ2n) is 7.61. The fraction of sp³-hybridized carbons (Fsp3) is 0.619. The summed E-state index contributed by atoms with van der Waals surface area (Å²) in [5, 5.41) is 12.4. The molecule has 2 atom stereocenters. The third kappa shape index (κ3) is 4.98. The van der Waals surface area contributed by atoms with Crippen molar-refractivity contribution in [3.63, 3.8) is 0 Å². The van der Waals surface area contributed by atoms with Crippen molar-refractivity contribution in [2.45, 2.75) is 59.0 Å². The summed E-state index contributed by atoms with van der Waals surface area (Å²) >= 11 is 0. The van der Waals surface area contributed by atoms with Gasteiger partial charge in [0.25, 0.3) is 5.91 Å². The maximum Gasteiger partial charge on any atom is 0.256 e. The molecular formula is C21H30N2O3. The highest BCUT2D eigenvalue weighted by atomic mass is 16.5. The fourth-order valence-electron chi connectivity index (χ4n) is 3.50. The van der Waals surface area contributed by atoms with E-state index in [1.165, 1.54) is 0 Å². The van der Waals surface area contributed by atoms with Gasteiger partial charge < -0.3 is 14.8 Å². The Hall–Kier alpha value is -2.06. The molecule has 1 aliphatic rings. The first-order valence-corrected chi connectivity index (χ1v) is 9.52. The lowest BCUT2D eigenvalue weighted by Crippen LogP contribution is -2.48. The number of anilines is 1. The number of rotatable bonds is 7. The lowest BCUT2D eigenvalue weighted by Gasteiger charge is -2.38. The molecule has 142 valence electrons. The first kappa shape index (κ1) is 20.3. The molecule has 1 fully saturated rings. The van der Waals surface area contributed by atoms with Crippen LogP contribution < -0.4 is 10.1 Å². The van der Waals surface area contributed by atoms with E-state index in [1.54, 1.807) is 18.2 Å². The minimum Gasteiger partial charge on any atom is -0.493 e. The minimum atomic E-state index is -0.800. The molecule has 1 aliphatic carbocycles. The molecule has 0 aliphatic heterocycles. The van der Waals surface area contributed by atoms with E-state index in [1.807, 2.05) is 6.92 Å². The zero-order chi connectivity index (χ0) is 19.2. The molecule has 26 heavy (non-hydrogen) atoms. The predicted molar refractivity (Wildman–Crippen MR) is 102 cm³/mol. The zero-order valence-corrected chi connectivity index (χ0v) is 16.3. The van der Waals surface area contributed by atoms with E-state index < -0.39 is 5.60 Å². The van der Waals surface area contributed by atoms with Gasteiger partial charge in [-0.15, -0.1) is 0 Å². The number of hydrogen-bond donors (Lipinski definition) is 1. The summed E-state index contributed by atoms with van der Waals surface area (Å²) in [4.78, 5) is 13.0. The summed E-state index contributed by atoms with van der Waals surface area (Å²) in [6, 6.07) is 7.35. The van der Waals surface area contributed by atoms with Gasteiger partial charge in [0.05, 0.1) is 17.9 Å². The van der Waals surface area contributed by atoms with Gasteiger partial charge in [-0.2, -0.15) is 5.26 Å². The largest absolute Gasteiger partial charge is 0.493 e. The lowest BCUT2D eigenvalue weighted by atomic mass is 9.78. The topological polar surface area (TPSA) is 71.3 Å². The molecule has 1 saturated carbocycles. The minimum absolute atomic E-state index is 0.154. The highest BCUT2D eigenvalue weighted by Gasteiger charge is 2.42. The van der Waals surface area contributed by atoms with Gasteiger partial charge in [-0.25, -0.2) is 0 Å². The van der Waals surface area contributed by atoms with Crippen LogP contribution in [0.1, 0.15) is 58.9 Å². The van der Waals surface area contributed by atoms with E-state index in [2.05, 4.69) is 32.2 Å². The fourth-order valence-corrected chi connectivity index (χ4v) is 3.50. The third-order valence-electron chi connectivity index (χ3n) is 4.73. The van der Waals surface area contributed by atoms with Crippen LogP contribution in [0.4, 0.5) is 5.69 Å². The maximum absolute atomic E-state index is 13.0. The van der Waals surface area contributed by atoms with Crippen molar-refractivity contribution in [1.29, 1.82) is 5.26 Å². The zero-order valence-electron chi connectivity index (χ0n) is 16.3. The highest BCUT2D eigenvalue weighted by Crippen LogP contribution is 2.36. The van der Waals surface area contributed by atoms with E-state index in [9.17, 15) is 10.1 Å². The summed E-state index contributed by atoms with van der Waals surface area (Å²) in [5.74, 6) is 1.33. The summed E-state index contributed by atoms with van der Waals surface area (Å²) in [6.07, 6.45) is 3.52. The molecule has 0 saturated heterocycles. The number of carbonyl (C=O) groups excluding carboxylic acids is 1. The Morgan fingerprint density at radius 1 is 1.46 bits per heavy atom. The Morgan fingerprint density at radius 2 is 2.23 bits per heavy atom. The molecule has 5 heteroatoms. The number of nitriles is 1. The van der Waals surface area contributed by atoms with Gasteiger partial charge in [0.2, 0.25) is 0 Å². The standard InChI is InChI=1S/C21H30N2O3/c1-5-26-21(10-6-7-16(4)12-21)20(24)23-19-9-8-18(11-17(19)13-22)25-14-15(2)3/h8-9,11,15-16H,5-7,10,12,14H2,1-4H3,(H,23,24)/t16-,21-/m1/s1. The van der Waals surface area contributed by atoms with E-state index in [0.29, 0.717) is 54.9 Å². The molecule has 0 aromatic heterocycles. The third-order valence-corrected chi connectivity index (χ3v) is 4.73. The second-order valence-corrected chi connectivity index (χ2v) is 7.61. The molecule has 0 radical (unpaired) electrons. The van der Waals surface area contributed by atoms with Gasteiger partial charge in [0.15, 0.2) is 0 Å². The average molecular weight is 358 g/mol. The van der Waals surface area contributed by atoms with Crippen LogP contribution in [0.25, 0.3) is 0 Å². The van der Waals surface area contributed by atoms with E-state index in [4.69, 9.17) is 9.47 Å².